The Morgan fingerprint density at radius 3 is 2.74 bits per heavy atom. The number of ether oxygens (including phenoxy) is 2. The zero-order chi connectivity index (χ0) is 13.8. The molecule has 0 amide bonds. The molecule has 0 unspecified atom stereocenters. The number of hydrogen-bond donors (Lipinski definition) is 0. The fourth-order valence-corrected chi connectivity index (χ4v) is 1.77. The second-order valence-electron chi connectivity index (χ2n) is 4.24. The Hall–Kier alpha value is -2.29. The molecule has 0 bridgehead atoms. The second kappa shape index (κ2) is 5.57. The van der Waals surface area contributed by atoms with Crippen molar-refractivity contribution < 1.29 is 14.3 Å². The minimum atomic E-state index is -0.416. The van der Waals surface area contributed by atoms with Crippen LogP contribution < -0.4 is 9.47 Å². The maximum absolute atomic E-state index is 11.5. The molecule has 2 aromatic carbocycles. The van der Waals surface area contributed by atoms with Crippen molar-refractivity contribution >= 4 is 16.7 Å². The summed E-state index contributed by atoms with van der Waals surface area (Å²) in [5.74, 6) is 0.923. The van der Waals surface area contributed by atoms with Crippen LogP contribution in [-0.4, -0.2) is 12.6 Å². The van der Waals surface area contributed by atoms with E-state index in [1.54, 1.807) is 13.0 Å². The molecule has 0 aromatic heterocycles. The first-order chi connectivity index (χ1) is 9.11. The molecule has 2 rings (SSSR count). The van der Waals surface area contributed by atoms with Crippen LogP contribution in [-0.2, 0) is 4.79 Å². The van der Waals surface area contributed by atoms with E-state index in [2.05, 4.69) is 6.58 Å². The molecule has 0 atom stereocenters. The van der Waals surface area contributed by atoms with Crippen LogP contribution in [0.25, 0.3) is 10.8 Å². The fourth-order valence-electron chi connectivity index (χ4n) is 1.77. The van der Waals surface area contributed by atoms with Gasteiger partial charge in [0.15, 0.2) is 0 Å². The van der Waals surface area contributed by atoms with Crippen LogP contribution >= 0.6 is 0 Å². The van der Waals surface area contributed by atoms with Crippen LogP contribution in [0.1, 0.15) is 13.8 Å². The quantitative estimate of drug-likeness (QED) is 0.475. The van der Waals surface area contributed by atoms with E-state index in [-0.39, 0.29) is 0 Å². The van der Waals surface area contributed by atoms with E-state index in [4.69, 9.17) is 9.47 Å². The van der Waals surface area contributed by atoms with Crippen molar-refractivity contribution in [3.8, 4) is 11.5 Å². The molecule has 0 heterocycles. The first kappa shape index (κ1) is 13.1. The molecule has 0 saturated heterocycles. The van der Waals surface area contributed by atoms with Gasteiger partial charge in [-0.3, -0.25) is 0 Å². The van der Waals surface area contributed by atoms with Crippen LogP contribution in [0.5, 0.6) is 11.5 Å². The van der Waals surface area contributed by atoms with Gasteiger partial charge in [-0.05, 0) is 43.5 Å². The first-order valence-electron chi connectivity index (χ1n) is 6.15. The van der Waals surface area contributed by atoms with Gasteiger partial charge in [-0.1, -0.05) is 18.7 Å². The summed E-state index contributed by atoms with van der Waals surface area (Å²) in [4.78, 5) is 11.5. The summed E-state index contributed by atoms with van der Waals surface area (Å²) >= 11 is 0. The van der Waals surface area contributed by atoms with Gasteiger partial charge in [0.2, 0.25) is 0 Å². The van der Waals surface area contributed by atoms with Crippen molar-refractivity contribution in [1.82, 2.24) is 0 Å². The summed E-state index contributed by atoms with van der Waals surface area (Å²) in [5.41, 5.74) is 0.378. The van der Waals surface area contributed by atoms with E-state index in [1.165, 1.54) is 0 Å². The van der Waals surface area contributed by atoms with Crippen molar-refractivity contribution in [2.24, 2.45) is 0 Å². The van der Waals surface area contributed by atoms with Gasteiger partial charge in [-0.15, -0.1) is 0 Å². The molecule has 3 heteroatoms. The van der Waals surface area contributed by atoms with Gasteiger partial charge >= 0.3 is 5.97 Å². The molecule has 0 radical (unpaired) electrons. The standard InChI is InChI=1S/C16H16O3/c1-4-18-15-7-5-6-12-10-13(8-9-14(12)15)19-16(17)11(2)3/h5-10H,2,4H2,1,3H3. The predicted molar refractivity (Wildman–Crippen MR) is 75.6 cm³/mol. The number of benzene rings is 2. The van der Waals surface area contributed by atoms with Gasteiger partial charge in [0.05, 0.1) is 6.61 Å². The van der Waals surface area contributed by atoms with E-state index in [9.17, 15) is 4.79 Å². The highest BCUT2D eigenvalue weighted by molar-refractivity contribution is 5.92. The number of fused-ring (bicyclic) bond motifs is 1. The lowest BCUT2D eigenvalue weighted by atomic mass is 10.1. The fraction of sp³-hybridized carbons (Fsp3) is 0.188. The zero-order valence-electron chi connectivity index (χ0n) is 11.1. The molecule has 98 valence electrons. The van der Waals surface area contributed by atoms with Gasteiger partial charge in [-0.2, -0.15) is 0 Å². The van der Waals surface area contributed by atoms with Crippen LogP contribution in [0.15, 0.2) is 48.6 Å². The van der Waals surface area contributed by atoms with Crippen molar-refractivity contribution in [2.45, 2.75) is 13.8 Å². The number of carbonyl (C=O) groups is 1. The molecule has 0 spiro atoms. The van der Waals surface area contributed by atoms with Crippen LogP contribution in [0, 0.1) is 0 Å². The summed E-state index contributed by atoms with van der Waals surface area (Å²) in [5, 5.41) is 1.97. The lowest BCUT2D eigenvalue weighted by molar-refractivity contribution is -0.130. The molecular formula is C16H16O3. The molecule has 0 aliphatic carbocycles. The van der Waals surface area contributed by atoms with Gasteiger partial charge in [-0.25, -0.2) is 4.79 Å². The van der Waals surface area contributed by atoms with Gasteiger partial charge in [0.1, 0.15) is 11.5 Å². The van der Waals surface area contributed by atoms with E-state index >= 15 is 0 Å². The van der Waals surface area contributed by atoms with Crippen molar-refractivity contribution in [3.05, 3.63) is 48.6 Å². The smallest absolute Gasteiger partial charge is 0.338 e. The molecule has 0 aliphatic heterocycles. The third-order valence-electron chi connectivity index (χ3n) is 2.67. The highest BCUT2D eigenvalue weighted by atomic mass is 16.5. The summed E-state index contributed by atoms with van der Waals surface area (Å²) in [6.07, 6.45) is 0. The monoisotopic (exact) mass is 256 g/mol. The summed E-state index contributed by atoms with van der Waals surface area (Å²) in [6, 6.07) is 11.3. The van der Waals surface area contributed by atoms with Gasteiger partial charge in [0.25, 0.3) is 0 Å². The lowest BCUT2D eigenvalue weighted by Gasteiger charge is -2.09. The van der Waals surface area contributed by atoms with Crippen molar-refractivity contribution in [1.29, 1.82) is 0 Å². The van der Waals surface area contributed by atoms with Crippen LogP contribution in [0.4, 0.5) is 0 Å². The number of hydrogen-bond acceptors (Lipinski definition) is 3. The average molecular weight is 256 g/mol. The molecule has 2 aromatic rings. The Kier molecular flexibility index (Phi) is 3.85. The highest BCUT2D eigenvalue weighted by Gasteiger charge is 2.07. The Morgan fingerprint density at radius 1 is 1.26 bits per heavy atom. The molecule has 0 aliphatic rings. The molecule has 0 fully saturated rings. The lowest BCUT2D eigenvalue weighted by Crippen LogP contribution is -2.07. The van der Waals surface area contributed by atoms with Gasteiger partial charge < -0.3 is 9.47 Å². The topological polar surface area (TPSA) is 35.5 Å². The summed E-state index contributed by atoms with van der Waals surface area (Å²) in [6.45, 7) is 7.74. The van der Waals surface area contributed by atoms with E-state index < -0.39 is 5.97 Å². The van der Waals surface area contributed by atoms with Gasteiger partial charge in [0, 0.05) is 11.0 Å². The third kappa shape index (κ3) is 2.94. The molecule has 19 heavy (non-hydrogen) atoms. The van der Waals surface area contributed by atoms with E-state index in [0.29, 0.717) is 17.9 Å². The number of rotatable bonds is 4. The van der Waals surface area contributed by atoms with Crippen molar-refractivity contribution in [2.75, 3.05) is 6.61 Å². The minimum Gasteiger partial charge on any atom is -0.493 e. The predicted octanol–water partition coefficient (Wildman–Crippen LogP) is 3.72. The average Bonchev–Trinajstić information content (AvgIpc) is 2.39. The SMILES string of the molecule is C=C(C)C(=O)Oc1ccc2c(OCC)cccc2c1. The van der Waals surface area contributed by atoms with E-state index in [0.717, 1.165) is 16.5 Å². The minimum absolute atomic E-state index is 0.378. The zero-order valence-corrected chi connectivity index (χ0v) is 11.1. The van der Waals surface area contributed by atoms with Crippen LogP contribution in [0.2, 0.25) is 0 Å². The molecule has 3 nitrogen and oxygen atoms in total. The van der Waals surface area contributed by atoms with E-state index in [1.807, 2.05) is 37.3 Å². The maximum atomic E-state index is 11.5. The Bertz CT molecular complexity index is 629. The molecule has 0 N–H and O–H groups in total. The molecular weight excluding hydrogens is 240 g/mol. The largest absolute Gasteiger partial charge is 0.493 e. The Balaban J connectivity index is 2.36. The van der Waals surface area contributed by atoms with Crippen LogP contribution in [0.3, 0.4) is 0 Å². The number of esters is 1. The molecule has 0 saturated carbocycles. The summed E-state index contributed by atoms with van der Waals surface area (Å²) in [7, 11) is 0. The number of carbonyl (C=O) groups excluding carboxylic acids is 1. The highest BCUT2D eigenvalue weighted by Crippen LogP contribution is 2.29. The van der Waals surface area contributed by atoms with Crippen molar-refractivity contribution in [3.63, 3.8) is 0 Å². The normalized spacial score (nSPS) is 10.2. The Morgan fingerprint density at radius 2 is 2.05 bits per heavy atom. The Labute approximate surface area is 112 Å². The summed E-state index contributed by atoms with van der Waals surface area (Å²) < 4.78 is 10.8. The second-order valence-corrected chi connectivity index (χ2v) is 4.24. The third-order valence-corrected chi connectivity index (χ3v) is 2.67. The first-order valence-corrected chi connectivity index (χ1v) is 6.15. The maximum Gasteiger partial charge on any atom is 0.338 e.